The van der Waals surface area contributed by atoms with Gasteiger partial charge in [0.1, 0.15) is 11.6 Å². The number of allylic oxidation sites excluding steroid dienone is 4. The summed E-state index contributed by atoms with van der Waals surface area (Å²) in [6.45, 7) is 10.8. The molecule has 0 saturated heterocycles. The molecule has 6 fully saturated rings. The zero-order valence-electron chi connectivity index (χ0n) is 42.4. The van der Waals surface area contributed by atoms with Crippen molar-refractivity contribution in [1.29, 1.82) is 0 Å². The predicted octanol–water partition coefficient (Wildman–Crippen LogP) is 8.12. The average Bonchev–Trinajstić information content (AvgIpc) is 3.82. The lowest BCUT2D eigenvalue weighted by atomic mass is 9.43. The van der Waals surface area contributed by atoms with Gasteiger partial charge in [-0.25, -0.2) is 4.79 Å². The molecule has 5 N–H and O–H groups in total. The molecule has 8 aliphatic rings. The lowest BCUT2D eigenvalue weighted by molar-refractivity contribution is -0.207. The Kier molecular flexibility index (Phi) is 13.8. The summed E-state index contributed by atoms with van der Waals surface area (Å²) in [5.74, 6) is 7.12. The van der Waals surface area contributed by atoms with Crippen LogP contribution in [0.15, 0.2) is 47.1 Å². The maximum Gasteiger partial charge on any atom is 0.328 e. The van der Waals surface area contributed by atoms with Crippen LogP contribution in [-0.2, 0) is 23.9 Å². The smallest absolute Gasteiger partial charge is 0.328 e. The molecule has 1 aromatic carbocycles. The number of aliphatic hydroxyl groups is 4. The predicted molar refractivity (Wildman–Crippen MR) is 264 cm³/mol. The quantitative estimate of drug-likeness (QED) is 0.109. The Hall–Kier alpha value is -3.82. The van der Waals surface area contributed by atoms with Gasteiger partial charge in [-0.1, -0.05) is 51.3 Å². The van der Waals surface area contributed by atoms with Crippen LogP contribution < -0.4 is 10.2 Å². The molecule has 6 saturated carbocycles. The number of fused-ring (bicyclic) bond motifs is 9. The first-order valence-corrected chi connectivity index (χ1v) is 26.7. The molecule has 0 heterocycles. The third kappa shape index (κ3) is 8.47. The molecule has 17 atom stereocenters. The number of aliphatic hydroxyl groups excluding tert-OH is 3. The van der Waals surface area contributed by atoms with Crippen molar-refractivity contribution in [3.63, 3.8) is 0 Å². The van der Waals surface area contributed by atoms with Crippen LogP contribution in [0.3, 0.4) is 0 Å². The van der Waals surface area contributed by atoms with E-state index in [1.54, 1.807) is 18.9 Å². The fourth-order valence-electron chi connectivity index (χ4n) is 17.2. The van der Waals surface area contributed by atoms with E-state index >= 15 is 0 Å². The average molecular weight is 949 g/mol. The second kappa shape index (κ2) is 19.0. The summed E-state index contributed by atoms with van der Waals surface area (Å²) in [7, 11) is 3.01. The number of benzene rings is 1. The van der Waals surface area contributed by atoms with Gasteiger partial charge >= 0.3 is 5.97 Å². The van der Waals surface area contributed by atoms with Crippen molar-refractivity contribution >= 4 is 29.3 Å². The van der Waals surface area contributed by atoms with Gasteiger partial charge in [-0.05, 0) is 196 Å². The van der Waals surface area contributed by atoms with Crippen molar-refractivity contribution in [2.75, 3.05) is 19.1 Å². The largest absolute Gasteiger partial charge is 0.467 e. The highest BCUT2D eigenvalue weighted by Gasteiger charge is 2.66. The van der Waals surface area contributed by atoms with Gasteiger partial charge in [-0.3, -0.25) is 14.4 Å². The standard InChI is InChI=1S/C58H80N2O9/c1-8-25-58(68)27-24-44-41-16-12-35-28-38(61)15-17-40(35)52(41)42(32-56(44,58)4)34-10-13-37(14-11-34)60(6)51(66)22-20-47(54(67)69-7)59-50(65)21-9-33(2)43-18-19-45-53-46(31-49(64)57(43,45)5)55(3)26-23-39(62)29-36(55)30-48(53)63/h10-11,13-14,28,33,36,39,41-49,53,62-64,68H,9,12,15-24,26-27,29-32H2,1-7H3,(H,59,65)/t33-,36+,39-,41?,42-,43-,44?,45?,46?,47+,48-,49+,53?,55+,56+,57-,58+/m1/s1. The summed E-state index contributed by atoms with van der Waals surface area (Å²) in [4.78, 5) is 54.5. The molecule has 11 heteroatoms. The van der Waals surface area contributed by atoms with Gasteiger partial charge in [0.15, 0.2) is 5.78 Å². The van der Waals surface area contributed by atoms with Crippen molar-refractivity contribution in [1.82, 2.24) is 5.32 Å². The first-order chi connectivity index (χ1) is 32.8. The lowest BCUT2D eigenvalue weighted by Gasteiger charge is -2.63. The molecule has 0 spiro atoms. The summed E-state index contributed by atoms with van der Waals surface area (Å²) in [5.41, 5.74) is 3.92. The molecule has 69 heavy (non-hydrogen) atoms. The van der Waals surface area contributed by atoms with Gasteiger partial charge in [-0.2, -0.15) is 0 Å². The maximum absolute atomic E-state index is 13.8. The highest BCUT2D eigenvalue weighted by atomic mass is 16.5. The molecule has 0 aliphatic heterocycles. The first kappa shape index (κ1) is 50.1. The molecule has 376 valence electrons. The van der Waals surface area contributed by atoms with E-state index in [1.165, 1.54) is 23.8 Å². The van der Waals surface area contributed by atoms with Gasteiger partial charge < -0.3 is 35.4 Å². The fourth-order valence-corrected chi connectivity index (χ4v) is 17.2. The molecule has 11 nitrogen and oxygen atoms in total. The molecule has 0 bridgehead atoms. The van der Waals surface area contributed by atoms with Crippen LogP contribution >= 0.6 is 0 Å². The summed E-state index contributed by atoms with van der Waals surface area (Å²) in [5, 5.41) is 49.2. The van der Waals surface area contributed by atoms with E-state index < -0.39 is 35.2 Å². The Bertz CT molecular complexity index is 2310. The molecule has 2 amide bonds. The fraction of sp³-hybridized carbons (Fsp3) is 0.724. The van der Waals surface area contributed by atoms with Gasteiger partial charge in [0.25, 0.3) is 0 Å². The number of anilines is 1. The number of carbonyl (C=O) groups is 4. The van der Waals surface area contributed by atoms with Crippen molar-refractivity contribution in [3.8, 4) is 11.8 Å². The number of rotatable bonds is 11. The molecule has 5 unspecified atom stereocenters. The Morgan fingerprint density at radius 3 is 2.38 bits per heavy atom. The molecule has 0 radical (unpaired) electrons. The second-order valence-electron chi connectivity index (χ2n) is 24.0. The van der Waals surface area contributed by atoms with Crippen molar-refractivity contribution < 1.29 is 44.3 Å². The van der Waals surface area contributed by atoms with Crippen molar-refractivity contribution in [2.45, 2.75) is 186 Å². The highest BCUT2D eigenvalue weighted by Crippen LogP contribution is 2.69. The topological polar surface area (TPSA) is 174 Å². The number of amides is 2. The van der Waals surface area contributed by atoms with E-state index in [4.69, 9.17) is 4.74 Å². The molecule has 9 rings (SSSR count). The summed E-state index contributed by atoms with van der Waals surface area (Å²) in [6.07, 6.45) is 12.6. The Balaban J connectivity index is 0.824. The van der Waals surface area contributed by atoms with E-state index in [-0.39, 0.29) is 95.2 Å². The van der Waals surface area contributed by atoms with Crippen LogP contribution in [0.1, 0.15) is 162 Å². The Morgan fingerprint density at radius 1 is 0.899 bits per heavy atom. The third-order valence-corrected chi connectivity index (χ3v) is 21.1. The summed E-state index contributed by atoms with van der Waals surface area (Å²) in [6, 6.07) is 7.13. The second-order valence-corrected chi connectivity index (χ2v) is 24.0. The number of hydrogen-bond acceptors (Lipinski definition) is 9. The van der Waals surface area contributed by atoms with E-state index in [2.05, 4.69) is 57.0 Å². The van der Waals surface area contributed by atoms with Crippen LogP contribution in [0, 0.1) is 75.4 Å². The molecule has 8 aliphatic carbocycles. The van der Waals surface area contributed by atoms with Gasteiger partial charge in [0, 0.05) is 43.3 Å². The lowest BCUT2D eigenvalue weighted by Crippen LogP contribution is -2.62. The van der Waals surface area contributed by atoms with Crippen molar-refractivity contribution in [2.24, 2.45) is 63.6 Å². The number of esters is 1. The normalized spacial score (nSPS) is 40.8. The van der Waals surface area contributed by atoms with Gasteiger partial charge in [0.05, 0.1) is 25.4 Å². The minimum atomic E-state index is -1.07. The number of hydrogen-bond donors (Lipinski definition) is 5. The van der Waals surface area contributed by atoms with Crippen LogP contribution in [0.25, 0.3) is 0 Å². The Labute approximate surface area is 410 Å². The number of nitrogens with one attached hydrogen (secondary N) is 1. The zero-order valence-corrected chi connectivity index (χ0v) is 42.4. The number of ether oxygens (including phenoxy) is 1. The highest BCUT2D eigenvalue weighted by molar-refractivity contribution is 5.94. The monoisotopic (exact) mass is 949 g/mol. The SMILES string of the molecule is CC#C[C@]1(O)CCC2C3CCC4=CC(=O)CCC4=C3[C@@H](c3ccc(N(C)C(=O)CC[C@H](NC(=O)CC[C@@H](C)[C@H]4CCC5C6C(C[C@H](O)[C@@]54C)[C@@]4(C)CC[C@@H](O)C[C@H]4C[C@H]6O)C(=O)OC)cc3)C[C@@]21C. The molecular formula is C58H80N2O9. The van der Waals surface area contributed by atoms with Gasteiger partial charge in [0.2, 0.25) is 11.8 Å². The third-order valence-electron chi connectivity index (χ3n) is 21.1. The zero-order chi connectivity index (χ0) is 49.4. The minimum Gasteiger partial charge on any atom is -0.467 e. The van der Waals surface area contributed by atoms with E-state index in [9.17, 15) is 39.6 Å². The number of methoxy groups -OCH3 is 1. The number of carbonyl (C=O) groups excluding carboxylic acids is 4. The van der Waals surface area contributed by atoms with E-state index in [1.807, 2.05) is 18.2 Å². The van der Waals surface area contributed by atoms with Crippen LogP contribution in [0.5, 0.6) is 0 Å². The van der Waals surface area contributed by atoms with Crippen LogP contribution in [0.4, 0.5) is 5.69 Å². The molecular weight excluding hydrogens is 869 g/mol. The van der Waals surface area contributed by atoms with Crippen LogP contribution in [0.2, 0.25) is 0 Å². The summed E-state index contributed by atoms with van der Waals surface area (Å²) < 4.78 is 5.10. The van der Waals surface area contributed by atoms with E-state index in [0.717, 1.165) is 69.8 Å². The van der Waals surface area contributed by atoms with Crippen LogP contribution in [-0.4, -0.2) is 88.1 Å². The first-order valence-electron chi connectivity index (χ1n) is 26.7. The van der Waals surface area contributed by atoms with E-state index in [0.29, 0.717) is 49.6 Å². The minimum absolute atomic E-state index is 0.00422. The molecule has 1 aromatic rings. The van der Waals surface area contributed by atoms with Crippen molar-refractivity contribution in [3.05, 3.63) is 52.6 Å². The number of nitrogens with zero attached hydrogens (tertiary/aromatic N) is 1. The molecule has 0 aromatic heterocycles. The summed E-state index contributed by atoms with van der Waals surface area (Å²) >= 11 is 0. The Morgan fingerprint density at radius 2 is 1.65 bits per heavy atom. The van der Waals surface area contributed by atoms with Gasteiger partial charge in [-0.15, -0.1) is 5.92 Å². The maximum atomic E-state index is 13.8. The number of ketones is 1.